The SMILES string of the molecule is CN1CCSCC1C(Cc1nc2ccccc2n1C)NN. The van der Waals surface area contributed by atoms with Gasteiger partial charge in [-0.2, -0.15) is 11.8 Å². The van der Waals surface area contributed by atoms with Crippen molar-refractivity contribution in [3.63, 3.8) is 0 Å². The van der Waals surface area contributed by atoms with Crippen LogP contribution in [0, 0.1) is 0 Å². The Morgan fingerprint density at radius 1 is 1.43 bits per heavy atom. The molecule has 1 aliphatic heterocycles. The van der Waals surface area contributed by atoms with Crippen LogP contribution < -0.4 is 11.3 Å². The van der Waals surface area contributed by atoms with E-state index in [9.17, 15) is 0 Å². The molecule has 3 rings (SSSR count). The molecule has 1 aromatic carbocycles. The molecule has 5 nitrogen and oxygen atoms in total. The summed E-state index contributed by atoms with van der Waals surface area (Å²) in [6, 6.07) is 8.93. The molecule has 114 valence electrons. The van der Waals surface area contributed by atoms with Crippen LogP contribution in [0.3, 0.4) is 0 Å². The van der Waals surface area contributed by atoms with Crippen LogP contribution in [0.4, 0.5) is 0 Å². The number of nitrogens with one attached hydrogen (secondary N) is 1. The fourth-order valence-electron chi connectivity index (χ4n) is 3.01. The van der Waals surface area contributed by atoms with Gasteiger partial charge in [0.15, 0.2) is 0 Å². The van der Waals surface area contributed by atoms with Crippen molar-refractivity contribution in [2.75, 3.05) is 25.1 Å². The van der Waals surface area contributed by atoms with Gasteiger partial charge < -0.3 is 9.47 Å². The molecule has 1 aliphatic rings. The summed E-state index contributed by atoms with van der Waals surface area (Å²) in [5.74, 6) is 9.25. The quantitative estimate of drug-likeness (QED) is 0.652. The number of hydrogen-bond acceptors (Lipinski definition) is 5. The molecule has 2 atom stereocenters. The average molecular weight is 305 g/mol. The molecule has 0 radical (unpaired) electrons. The van der Waals surface area contributed by atoms with E-state index in [-0.39, 0.29) is 6.04 Å². The molecule has 21 heavy (non-hydrogen) atoms. The third-order valence-electron chi connectivity index (χ3n) is 4.40. The molecule has 0 spiro atoms. The van der Waals surface area contributed by atoms with E-state index in [0.29, 0.717) is 6.04 Å². The van der Waals surface area contributed by atoms with E-state index in [4.69, 9.17) is 10.8 Å². The van der Waals surface area contributed by atoms with Crippen molar-refractivity contribution in [1.82, 2.24) is 19.9 Å². The van der Waals surface area contributed by atoms with E-state index in [2.05, 4.69) is 47.2 Å². The number of rotatable bonds is 4. The second kappa shape index (κ2) is 6.36. The van der Waals surface area contributed by atoms with Crippen molar-refractivity contribution in [1.29, 1.82) is 0 Å². The number of aryl methyl sites for hydroxylation is 1. The number of para-hydroxylation sites is 2. The molecular formula is C15H23N5S. The van der Waals surface area contributed by atoms with Crippen molar-refractivity contribution in [3.05, 3.63) is 30.1 Å². The third-order valence-corrected chi connectivity index (χ3v) is 5.45. The highest BCUT2D eigenvalue weighted by Crippen LogP contribution is 2.21. The van der Waals surface area contributed by atoms with Crippen LogP contribution in [0.15, 0.2) is 24.3 Å². The predicted molar refractivity (Wildman–Crippen MR) is 89.3 cm³/mol. The van der Waals surface area contributed by atoms with E-state index < -0.39 is 0 Å². The van der Waals surface area contributed by atoms with Crippen LogP contribution in [-0.4, -0.2) is 51.6 Å². The molecular weight excluding hydrogens is 282 g/mol. The highest BCUT2D eigenvalue weighted by atomic mass is 32.2. The Bertz CT molecular complexity index is 611. The van der Waals surface area contributed by atoms with Gasteiger partial charge in [0.05, 0.1) is 11.0 Å². The first-order chi connectivity index (χ1) is 10.2. The lowest BCUT2D eigenvalue weighted by Crippen LogP contribution is -2.55. The Balaban J connectivity index is 1.83. The maximum Gasteiger partial charge on any atom is 0.111 e. The summed E-state index contributed by atoms with van der Waals surface area (Å²) in [7, 11) is 4.27. The molecule has 2 heterocycles. The van der Waals surface area contributed by atoms with Gasteiger partial charge >= 0.3 is 0 Å². The molecule has 1 saturated heterocycles. The molecule has 2 aromatic rings. The molecule has 0 bridgehead atoms. The van der Waals surface area contributed by atoms with E-state index >= 15 is 0 Å². The molecule has 1 aromatic heterocycles. The molecule has 0 aliphatic carbocycles. The molecule has 6 heteroatoms. The fourth-order valence-corrected chi connectivity index (χ4v) is 4.32. The lowest BCUT2D eigenvalue weighted by atomic mass is 10.1. The lowest BCUT2D eigenvalue weighted by Gasteiger charge is -2.37. The summed E-state index contributed by atoms with van der Waals surface area (Å²) in [6.07, 6.45) is 0.844. The number of hydrogen-bond donors (Lipinski definition) is 2. The molecule has 0 saturated carbocycles. The van der Waals surface area contributed by atoms with Crippen molar-refractivity contribution in [2.45, 2.75) is 18.5 Å². The minimum Gasteiger partial charge on any atom is -0.331 e. The zero-order chi connectivity index (χ0) is 14.8. The van der Waals surface area contributed by atoms with Crippen LogP contribution in [-0.2, 0) is 13.5 Å². The summed E-state index contributed by atoms with van der Waals surface area (Å²) in [5.41, 5.74) is 5.24. The van der Waals surface area contributed by atoms with E-state index in [1.165, 1.54) is 11.3 Å². The fraction of sp³-hybridized carbons (Fsp3) is 0.533. The Labute approximate surface area is 129 Å². The summed E-state index contributed by atoms with van der Waals surface area (Å²) in [6.45, 7) is 1.12. The normalized spacial score (nSPS) is 21.8. The van der Waals surface area contributed by atoms with Gasteiger partial charge in [0.25, 0.3) is 0 Å². The number of nitrogens with two attached hydrogens (primary N) is 1. The van der Waals surface area contributed by atoms with E-state index in [1.54, 1.807) is 0 Å². The smallest absolute Gasteiger partial charge is 0.111 e. The average Bonchev–Trinajstić information content (AvgIpc) is 2.82. The highest BCUT2D eigenvalue weighted by molar-refractivity contribution is 7.99. The number of hydrazine groups is 1. The Morgan fingerprint density at radius 3 is 2.95 bits per heavy atom. The number of imidazole rings is 1. The first kappa shape index (κ1) is 14.8. The zero-order valence-electron chi connectivity index (χ0n) is 12.6. The van der Waals surface area contributed by atoms with Gasteiger partial charge in [-0.05, 0) is 19.2 Å². The third kappa shape index (κ3) is 2.94. The monoisotopic (exact) mass is 305 g/mol. The van der Waals surface area contributed by atoms with Gasteiger partial charge in [-0.25, -0.2) is 4.98 Å². The number of aromatic nitrogens is 2. The topological polar surface area (TPSA) is 59.1 Å². The van der Waals surface area contributed by atoms with Crippen LogP contribution in [0.5, 0.6) is 0 Å². The van der Waals surface area contributed by atoms with Gasteiger partial charge in [0.1, 0.15) is 5.82 Å². The first-order valence-corrected chi connectivity index (χ1v) is 8.50. The summed E-state index contributed by atoms with van der Waals surface area (Å²) < 4.78 is 2.18. The van der Waals surface area contributed by atoms with Crippen LogP contribution in [0.1, 0.15) is 5.82 Å². The maximum atomic E-state index is 5.84. The predicted octanol–water partition coefficient (Wildman–Crippen LogP) is 0.995. The van der Waals surface area contributed by atoms with Crippen LogP contribution in [0.25, 0.3) is 11.0 Å². The Hall–Kier alpha value is -1.08. The number of likely N-dealkylation sites (N-methyl/N-ethyl adjacent to an activating group) is 1. The van der Waals surface area contributed by atoms with Crippen molar-refractivity contribution in [3.8, 4) is 0 Å². The lowest BCUT2D eigenvalue weighted by molar-refractivity contribution is 0.212. The van der Waals surface area contributed by atoms with Crippen molar-refractivity contribution >= 4 is 22.8 Å². The highest BCUT2D eigenvalue weighted by Gasteiger charge is 2.28. The maximum absolute atomic E-state index is 5.84. The van der Waals surface area contributed by atoms with Gasteiger partial charge in [0.2, 0.25) is 0 Å². The van der Waals surface area contributed by atoms with E-state index in [0.717, 1.165) is 30.1 Å². The summed E-state index contributed by atoms with van der Waals surface area (Å²) in [4.78, 5) is 7.17. The van der Waals surface area contributed by atoms with Crippen molar-refractivity contribution in [2.24, 2.45) is 12.9 Å². The van der Waals surface area contributed by atoms with Crippen LogP contribution in [0.2, 0.25) is 0 Å². The zero-order valence-corrected chi connectivity index (χ0v) is 13.4. The van der Waals surface area contributed by atoms with Gasteiger partial charge in [0, 0.05) is 43.6 Å². The number of benzene rings is 1. The van der Waals surface area contributed by atoms with Crippen molar-refractivity contribution < 1.29 is 0 Å². The van der Waals surface area contributed by atoms with Gasteiger partial charge in [-0.3, -0.25) is 11.3 Å². The van der Waals surface area contributed by atoms with Gasteiger partial charge in [-0.15, -0.1) is 0 Å². The second-order valence-corrected chi connectivity index (χ2v) is 6.83. The molecule has 1 fully saturated rings. The Morgan fingerprint density at radius 2 is 2.24 bits per heavy atom. The van der Waals surface area contributed by atoms with Crippen LogP contribution >= 0.6 is 11.8 Å². The molecule has 2 unspecified atom stereocenters. The summed E-state index contributed by atoms with van der Waals surface area (Å²) >= 11 is 2.01. The minimum atomic E-state index is 0.221. The van der Waals surface area contributed by atoms with Gasteiger partial charge in [-0.1, -0.05) is 12.1 Å². The number of nitrogens with zero attached hydrogens (tertiary/aromatic N) is 3. The first-order valence-electron chi connectivity index (χ1n) is 7.35. The number of thioether (sulfide) groups is 1. The van der Waals surface area contributed by atoms with E-state index in [1.807, 2.05) is 17.8 Å². The standard InChI is InChI=1S/C15H23N5S/c1-19-7-8-21-10-14(19)12(18-16)9-15-17-11-5-3-4-6-13(11)20(15)2/h3-6,12,14,18H,7-10,16H2,1-2H3. The number of fused-ring (bicyclic) bond motifs is 1. The second-order valence-electron chi connectivity index (χ2n) is 5.68. The minimum absolute atomic E-state index is 0.221. The largest absolute Gasteiger partial charge is 0.331 e. The summed E-state index contributed by atoms with van der Waals surface area (Å²) in [5, 5.41) is 0. The Kier molecular flexibility index (Phi) is 4.49. The molecule has 0 amide bonds. The molecule has 3 N–H and O–H groups in total.